The largest absolute Gasteiger partial charge is 0.455 e. The average Bonchev–Trinajstić information content (AvgIpc) is 3.12. The highest BCUT2D eigenvalue weighted by molar-refractivity contribution is 8.23. The highest BCUT2D eigenvalue weighted by Gasteiger charge is 2.34. The lowest BCUT2D eigenvalue weighted by molar-refractivity contribution is -0.137. The molecular formula is C15H9F3N2O2S2. The van der Waals surface area contributed by atoms with E-state index in [2.05, 4.69) is 5.10 Å². The zero-order valence-corrected chi connectivity index (χ0v) is 13.5. The molecule has 0 N–H and O–H groups in total. The lowest BCUT2D eigenvalue weighted by Crippen LogP contribution is -2.22. The van der Waals surface area contributed by atoms with Crippen molar-refractivity contribution in [2.45, 2.75) is 6.18 Å². The summed E-state index contributed by atoms with van der Waals surface area (Å²) < 4.78 is 44.9. The molecule has 0 unspecified atom stereocenters. The molecule has 1 fully saturated rings. The van der Waals surface area contributed by atoms with Gasteiger partial charge in [-0.2, -0.15) is 23.3 Å². The van der Waals surface area contributed by atoms with Crippen molar-refractivity contribution in [3.63, 3.8) is 0 Å². The zero-order valence-electron chi connectivity index (χ0n) is 11.9. The number of thioether (sulfide) groups is 1. The van der Waals surface area contributed by atoms with E-state index in [4.69, 9.17) is 16.6 Å². The van der Waals surface area contributed by atoms with Gasteiger partial charge in [-0.25, -0.2) is 0 Å². The van der Waals surface area contributed by atoms with Crippen LogP contribution in [0.1, 0.15) is 11.3 Å². The predicted octanol–water partition coefficient (Wildman–Crippen LogP) is 4.16. The number of halogens is 3. The van der Waals surface area contributed by atoms with Crippen LogP contribution in [-0.2, 0) is 11.0 Å². The van der Waals surface area contributed by atoms with E-state index >= 15 is 0 Å². The molecule has 0 saturated carbocycles. The predicted molar refractivity (Wildman–Crippen MR) is 88.6 cm³/mol. The summed E-state index contributed by atoms with van der Waals surface area (Å²) in [5.41, 5.74) is -0.844. The molecule has 24 heavy (non-hydrogen) atoms. The molecule has 3 rings (SSSR count). The zero-order chi connectivity index (χ0) is 17.3. The molecule has 9 heteroatoms. The first-order valence-corrected chi connectivity index (χ1v) is 8.06. The Kier molecular flexibility index (Phi) is 4.46. The Balaban J connectivity index is 1.87. The lowest BCUT2D eigenvalue weighted by Gasteiger charge is -2.10. The van der Waals surface area contributed by atoms with Crippen molar-refractivity contribution >= 4 is 40.4 Å². The van der Waals surface area contributed by atoms with E-state index in [9.17, 15) is 18.0 Å². The third-order valence-electron chi connectivity index (χ3n) is 3.15. The number of benzene rings is 1. The van der Waals surface area contributed by atoms with E-state index in [0.717, 1.165) is 11.1 Å². The molecule has 1 aliphatic heterocycles. The molecule has 0 radical (unpaired) electrons. The Labute approximate surface area is 144 Å². The van der Waals surface area contributed by atoms with Gasteiger partial charge in [0, 0.05) is 5.56 Å². The van der Waals surface area contributed by atoms with Gasteiger partial charge in [0.15, 0.2) is 4.32 Å². The van der Waals surface area contributed by atoms with Crippen LogP contribution in [0.2, 0.25) is 0 Å². The van der Waals surface area contributed by atoms with Crippen LogP contribution in [0, 0.1) is 0 Å². The highest BCUT2D eigenvalue weighted by Crippen LogP contribution is 2.37. The fraction of sp³-hybridized carbons (Fsp3) is 0.133. The number of thiocarbonyl (C=S) groups is 1. The Morgan fingerprint density at radius 2 is 2.00 bits per heavy atom. The number of hydrazone groups is 1. The minimum atomic E-state index is -4.48. The molecule has 1 amide bonds. The third-order valence-corrected chi connectivity index (χ3v) is 4.49. The van der Waals surface area contributed by atoms with Crippen LogP contribution < -0.4 is 0 Å². The molecular weight excluding hydrogens is 361 g/mol. The van der Waals surface area contributed by atoms with Crippen molar-refractivity contribution in [1.29, 1.82) is 0 Å². The van der Waals surface area contributed by atoms with Crippen molar-refractivity contribution in [3.8, 4) is 11.3 Å². The van der Waals surface area contributed by atoms with Gasteiger partial charge in [-0.05, 0) is 18.2 Å². The van der Waals surface area contributed by atoms with Crippen molar-refractivity contribution in [2.75, 3.05) is 5.75 Å². The van der Waals surface area contributed by atoms with Gasteiger partial charge in [-0.15, -0.1) is 0 Å². The molecule has 2 heterocycles. The van der Waals surface area contributed by atoms with E-state index in [1.54, 1.807) is 0 Å². The fourth-order valence-electron chi connectivity index (χ4n) is 2.09. The summed E-state index contributed by atoms with van der Waals surface area (Å²) in [4.78, 5) is 11.5. The number of carbonyl (C=O) groups is 1. The first kappa shape index (κ1) is 16.7. The lowest BCUT2D eigenvalue weighted by atomic mass is 10.1. The van der Waals surface area contributed by atoms with Crippen LogP contribution in [0.5, 0.6) is 0 Å². The van der Waals surface area contributed by atoms with Gasteiger partial charge in [-0.1, -0.05) is 42.2 Å². The summed E-state index contributed by atoms with van der Waals surface area (Å²) in [7, 11) is 0. The monoisotopic (exact) mass is 370 g/mol. The minimum absolute atomic E-state index is 0.0621. The molecule has 124 valence electrons. The van der Waals surface area contributed by atoms with Gasteiger partial charge in [0.2, 0.25) is 0 Å². The highest BCUT2D eigenvalue weighted by atomic mass is 32.2. The van der Waals surface area contributed by atoms with Crippen molar-refractivity contribution in [3.05, 3.63) is 47.7 Å². The topological polar surface area (TPSA) is 45.8 Å². The second kappa shape index (κ2) is 6.40. The van der Waals surface area contributed by atoms with Gasteiger partial charge in [0.05, 0.1) is 17.5 Å². The Bertz CT molecular complexity index is 814. The molecule has 1 aromatic carbocycles. The van der Waals surface area contributed by atoms with E-state index in [1.165, 1.54) is 48.3 Å². The van der Waals surface area contributed by atoms with Crippen molar-refractivity contribution < 1.29 is 22.4 Å². The summed E-state index contributed by atoms with van der Waals surface area (Å²) in [5, 5.41) is 4.98. The van der Waals surface area contributed by atoms with Crippen LogP contribution in [0.4, 0.5) is 13.2 Å². The molecule has 0 bridgehead atoms. The Hall–Kier alpha value is -2.13. The number of nitrogens with zero attached hydrogens (tertiary/aromatic N) is 2. The van der Waals surface area contributed by atoms with Crippen molar-refractivity contribution in [1.82, 2.24) is 5.01 Å². The second-order valence-corrected chi connectivity index (χ2v) is 6.36. The molecule has 4 nitrogen and oxygen atoms in total. The summed E-state index contributed by atoms with van der Waals surface area (Å²) >= 11 is 6.17. The standard InChI is InChI=1S/C15H9F3N2O2S2/c16-15(17,18)11-4-2-1-3-10(11)12-6-5-9(22-12)7-19-20-13(21)8-24-14(20)23/h1-7H,8H2/b19-7+. The Morgan fingerprint density at radius 3 is 2.67 bits per heavy atom. The maximum atomic E-state index is 13.1. The summed E-state index contributed by atoms with van der Waals surface area (Å²) in [6, 6.07) is 8.03. The molecule has 1 aliphatic rings. The number of furan rings is 1. The quantitative estimate of drug-likeness (QED) is 0.601. The van der Waals surface area contributed by atoms with E-state index in [1.807, 2.05) is 0 Å². The number of carbonyl (C=O) groups excluding carboxylic acids is 1. The third kappa shape index (κ3) is 3.36. The summed E-state index contributed by atoms with van der Waals surface area (Å²) in [6.45, 7) is 0. The fourth-order valence-corrected chi connectivity index (χ4v) is 3.05. The molecule has 0 spiro atoms. The Morgan fingerprint density at radius 1 is 1.25 bits per heavy atom. The van der Waals surface area contributed by atoms with Gasteiger partial charge in [0.1, 0.15) is 11.5 Å². The first-order valence-electron chi connectivity index (χ1n) is 6.66. The number of hydrogen-bond acceptors (Lipinski definition) is 5. The van der Waals surface area contributed by atoms with Crippen LogP contribution in [0.3, 0.4) is 0 Å². The maximum Gasteiger partial charge on any atom is 0.417 e. The summed E-state index contributed by atoms with van der Waals surface area (Å²) in [5.74, 6) is 0.248. The molecule has 2 aromatic rings. The van der Waals surface area contributed by atoms with Crippen molar-refractivity contribution in [2.24, 2.45) is 5.10 Å². The SMILES string of the molecule is O=C1CSC(=S)N1/N=C/c1ccc(-c2ccccc2C(F)(F)F)o1. The van der Waals surface area contributed by atoms with Gasteiger partial charge in [0.25, 0.3) is 5.91 Å². The number of amides is 1. The van der Waals surface area contributed by atoms with Gasteiger partial charge >= 0.3 is 6.18 Å². The molecule has 0 atom stereocenters. The van der Waals surface area contributed by atoms with Crippen LogP contribution >= 0.6 is 24.0 Å². The first-order chi connectivity index (χ1) is 11.4. The normalized spacial score (nSPS) is 15.7. The molecule has 1 saturated heterocycles. The number of rotatable bonds is 3. The van der Waals surface area contributed by atoms with E-state index < -0.39 is 11.7 Å². The maximum absolute atomic E-state index is 13.1. The van der Waals surface area contributed by atoms with E-state index in [-0.39, 0.29) is 28.7 Å². The molecule has 1 aromatic heterocycles. The van der Waals surface area contributed by atoms with Crippen LogP contribution in [-0.4, -0.2) is 27.2 Å². The summed E-state index contributed by atoms with van der Waals surface area (Å²) in [6.07, 6.45) is -3.24. The molecule has 0 aliphatic carbocycles. The number of alkyl halides is 3. The van der Waals surface area contributed by atoms with Gasteiger partial charge < -0.3 is 4.42 Å². The van der Waals surface area contributed by atoms with Gasteiger partial charge in [-0.3, -0.25) is 4.79 Å². The van der Waals surface area contributed by atoms with Crippen LogP contribution in [0.15, 0.2) is 45.9 Å². The average molecular weight is 370 g/mol. The number of hydrogen-bond donors (Lipinski definition) is 0. The second-order valence-electron chi connectivity index (χ2n) is 4.75. The smallest absolute Gasteiger partial charge is 0.417 e. The minimum Gasteiger partial charge on any atom is -0.455 e. The van der Waals surface area contributed by atoms with E-state index in [0.29, 0.717) is 4.32 Å². The van der Waals surface area contributed by atoms with Crippen LogP contribution in [0.25, 0.3) is 11.3 Å².